The van der Waals surface area contributed by atoms with Crippen LogP contribution in [0, 0.1) is 25.2 Å². The summed E-state index contributed by atoms with van der Waals surface area (Å²) < 4.78 is 11.2. The number of methoxy groups -OCH3 is 1. The van der Waals surface area contributed by atoms with Crippen molar-refractivity contribution < 1.29 is 9.47 Å². The standard InChI is InChI=1S/C20H23NO2/c1-15-10-11-20(22-3)18(13-15)17(14-21)8-6-12-23-19-9-5-4-7-16(19)2/h4-5,7,9-11,13,17H,6,8,12H2,1-3H3. The number of hydrogen-bond acceptors (Lipinski definition) is 3. The molecule has 23 heavy (non-hydrogen) atoms. The molecule has 0 amide bonds. The van der Waals surface area contributed by atoms with Crippen LogP contribution in [0.2, 0.25) is 0 Å². The van der Waals surface area contributed by atoms with Crippen molar-refractivity contribution in [2.24, 2.45) is 0 Å². The fourth-order valence-electron chi connectivity index (χ4n) is 2.60. The Hall–Kier alpha value is -2.47. The van der Waals surface area contributed by atoms with Crippen LogP contribution in [0.4, 0.5) is 0 Å². The maximum absolute atomic E-state index is 9.50. The Morgan fingerprint density at radius 1 is 1.09 bits per heavy atom. The molecule has 0 bridgehead atoms. The first-order valence-electron chi connectivity index (χ1n) is 7.88. The Labute approximate surface area is 138 Å². The van der Waals surface area contributed by atoms with E-state index in [0.29, 0.717) is 6.61 Å². The van der Waals surface area contributed by atoms with E-state index in [1.165, 1.54) is 0 Å². The molecule has 0 saturated heterocycles. The van der Waals surface area contributed by atoms with E-state index in [2.05, 4.69) is 6.07 Å². The number of rotatable bonds is 7. The Morgan fingerprint density at radius 2 is 1.87 bits per heavy atom. The van der Waals surface area contributed by atoms with E-state index in [0.717, 1.165) is 41.0 Å². The third kappa shape index (κ3) is 4.50. The predicted octanol–water partition coefficient (Wildman–Crippen LogP) is 4.78. The van der Waals surface area contributed by atoms with Crippen LogP contribution >= 0.6 is 0 Å². The highest BCUT2D eigenvalue weighted by Crippen LogP contribution is 2.30. The smallest absolute Gasteiger partial charge is 0.123 e. The molecule has 120 valence electrons. The van der Waals surface area contributed by atoms with Crippen LogP contribution in [-0.2, 0) is 0 Å². The first-order chi connectivity index (χ1) is 11.2. The fraction of sp³-hybridized carbons (Fsp3) is 0.350. The quantitative estimate of drug-likeness (QED) is 0.691. The molecule has 2 aromatic carbocycles. The molecule has 0 fully saturated rings. The lowest BCUT2D eigenvalue weighted by atomic mass is 9.93. The largest absolute Gasteiger partial charge is 0.496 e. The van der Waals surface area contributed by atoms with Gasteiger partial charge in [-0.05, 0) is 44.4 Å². The van der Waals surface area contributed by atoms with Crippen LogP contribution in [0.3, 0.4) is 0 Å². The molecule has 0 N–H and O–H groups in total. The lowest BCUT2D eigenvalue weighted by Gasteiger charge is -2.15. The normalized spacial score (nSPS) is 11.6. The zero-order valence-electron chi connectivity index (χ0n) is 14.0. The third-order valence-electron chi connectivity index (χ3n) is 3.90. The Morgan fingerprint density at radius 3 is 2.57 bits per heavy atom. The van der Waals surface area contributed by atoms with E-state index in [4.69, 9.17) is 9.47 Å². The molecule has 0 aliphatic rings. The van der Waals surface area contributed by atoms with Crippen LogP contribution < -0.4 is 9.47 Å². The van der Waals surface area contributed by atoms with Gasteiger partial charge in [-0.2, -0.15) is 5.26 Å². The summed E-state index contributed by atoms with van der Waals surface area (Å²) in [7, 11) is 1.64. The van der Waals surface area contributed by atoms with Gasteiger partial charge in [0.2, 0.25) is 0 Å². The highest BCUT2D eigenvalue weighted by molar-refractivity contribution is 5.41. The van der Waals surface area contributed by atoms with Crippen molar-refractivity contribution >= 4 is 0 Å². The molecule has 0 aromatic heterocycles. The Balaban J connectivity index is 1.95. The summed E-state index contributed by atoms with van der Waals surface area (Å²) in [5, 5.41) is 9.50. The first kappa shape index (κ1) is 16.9. The van der Waals surface area contributed by atoms with Gasteiger partial charge in [-0.1, -0.05) is 35.9 Å². The Kier molecular flexibility index (Phi) is 6.05. The molecular formula is C20H23NO2. The van der Waals surface area contributed by atoms with Crippen LogP contribution in [0.5, 0.6) is 11.5 Å². The van der Waals surface area contributed by atoms with E-state index >= 15 is 0 Å². The van der Waals surface area contributed by atoms with Gasteiger partial charge in [-0.25, -0.2) is 0 Å². The zero-order valence-corrected chi connectivity index (χ0v) is 14.0. The van der Waals surface area contributed by atoms with E-state index in [1.54, 1.807) is 7.11 Å². The molecule has 2 aromatic rings. The molecule has 0 aliphatic heterocycles. The lowest BCUT2D eigenvalue weighted by molar-refractivity contribution is 0.302. The molecule has 3 nitrogen and oxygen atoms in total. The molecule has 0 aliphatic carbocycles. The number of aryl methyl sites for hydroxylation is 2. The van der Waals surface area contributed by atoms with Crippen molar-refractivity contribution in [1.82, 2.24) is 0 Å². The summed E-state index contributed by atoms with van der Waals surface area (Å²) in [5.41, 5.74) is 3.23. The van der Waals surface area contributed by atoms with Crippen molar-refractivity contribution in [3.8, 4) is 17.6 Å². The second-order valence-electron chi connectivity index (χ2n) is 5.68. The minimum absolute atomic E-state index is 0.176. The van der Waals surface area contributed by atoms with Gasteiger partial charge in [0.15, 0.2) is 0 Å². The van der Waals surface area contributed by atoms with Crippen molar-refractivity contribution in [1.29, 1.82) is 5.26 Å². The molecule has 3 heteroatoms. The van der Waals surface area contributed by atoms with Crippen molar-refractivity contribution in [3.05, 3.63) is 59.2 Å². The van der Waals surface area contributed by atoms with Crippen LogP contribution in [-0.4, -0.2) is 13.7 Å². The molecule has 2 rings (SSSR count). The number of hydrogen-bond donors (Lipinski definition) is 0. The number of para-hydroxylation sites is 1. The maximum atomic E-state index is 9.50. The van der Waals surface area contributed by atoms with Crippen molar-refractivity contribution in [2.45, 2.75) is 32.6 Å². The first-order valence-corrected chi connectivity index (χ1v) is 7.88. The van der Waals surface area contributed by atoms with Gasteiger partial charge in [0.25, 0.3) is 0 Å². The summed E-state index contributed by atoms with van der Waals surface area (Å²) >= 11 is 0. The van der Waals surface area contributed by atoms with Gasteiger partial charge < -0.3 is 9.47 Å². The fourth-order valence-corrected chi connectivity index (χ4v) is 2.60. The molecule has 1 unspecified atom stereocenters. The van der Waals surface area contributed by atoms with Crippen molar-refractivity contribution in [3.63, 3.8) is 0 Å². The van der Waals surface area contributed by atoms with Gasteiger partial charge in [-0.3, -0.25) is 0 Å². The van der Waals surface area contributed by atoms with Gasteiger partial charge in [0.1, 0.15) is 11.5 Å². The molecule has 0 saturated carbocycles. The summed E-state index contributed by atoms with van der Waals surface area (Å²) in [6.07, 6.45) is 1.58. The van der Waals surface area contributed by atoms with E-state index in [9.17, 15) is 5.26 Å². The monoisotopic (exact) mass is 309 g/mol. The van der Waals surface area contributed by atoms with Gasteiger partial charge >= 0.3 is 0 Å². The topological polar surface area (TPSA) is 42.2 Å². The highest BCUT2D eigenvalue weighted by atomic mass is 16.5. The second-order valence-corrected chi connectivity index (χ2v) is 5.68. The summed E-state index contributed by atoms with van der Waals surface area (Å²) in [5.74, 6) is 1.52. The summed E-state index contributed by atoms with van der Waals surface area (Å²) in [6.45, 7) is 4.67. The lowest BCUT2D eigenvalue weighted by Crippen LogP contribution is -2.04. The van der Waals surface area contributed by atoms with Gasteiger partial charge in [0.05, 0.1) is 25.7 Å². The maximum Gasteiger partial charge on any atom is 0.123 e. The molecule has 0 radical (unpaired) electrons. The van der Waals surface area contributed by atoms with Gasteiger partial charge in [0, 0.05) is 5.56 Å². The van der Waals surface area contributed by atoms with Gasteiger partial charge in [-0.15, -0.1) is 0 Å². The number of ether oxygens (including phenoxy) is 2. The Bertz CT molecular complexity index is 688. The number of nitriles is 1. The number of benzene rings is 2. The SMILES string of the molecule is COc1ccc(C)cc1C(C#N)CCCOc1ccccc1C. The third-order valence-corrected chi connectivity index (χ3v) is 3.90. The molecule has 0 spiro atoms. The average molecular weight is 309 g/mol. The molecule has 0 heterocycles. The average Bonchev–Trinajstić information content (AvgIpc) is 2.56. The number of nitrogens with zero attached hydrogens (tertiary/aromatic N) is 1. The summed E-state index contributed by atoms with van der Waals surface area (Å²) in [4.78, 5) is 0. The van der Waals surface area contributed by atoms with E-state index < -0.39 is 0 Å². The minimum atomic E-state index is -0.176. The van der Waals surface area contributed by atoms with Crippen LogP contribution in [0.15, 0.2) is 42.5 Å². The summed E-state index contributed by atoms with van der Waals surface area (Å²) in [6, 6.07) is 16.3. The molecular weight excluding hydrogens is 286 g/mol. The minimum Gasteiger partial charge on any atom is -0.496 e. The highest BCUT2D eigenvalue weighted by Gasteiger charge is 2.15. The molecule has 1 atom stereocenters. The van der Waals surface area contributed by atoms with Crippen molar-refractivity contribution in [2.75, 3.05) is 13.7 Å². The van der Waals surface area contributed by atoms with E-state index in [1.807, 2.05) is 56.3 Å². The van der Waals surface area contributed by atoms with Crippen LogP contribution in [0.1, 0.15) is 35.4 Å². The van der Waals surface area contributed by atoms with Crippen LogP contribution in [0.25, 0.3) is 0 Å². The second kappa shape index (κ2) is 8.24. The van der Waals surface area contributed by atoms with E-state index in [-0.39, 0.29) is 5.92 Å². The predicted molar refractivity (Wildman–Crippen MR) is 92.0 cm³/mol. The zero-order chi connectivity index (χ0) is 16.7.